The maximum Gasteiger partial charge on any atom is 0.339 e. The van der Waals surface area contributed by atoms with Gasteiger partial charge in [0.1, 0.15) is 17.1 Å². The standard InChI is InChI=1S/C12H7BrFNO3/c13-9-2-1-7(14)5-10(9)18-11-6-15-4-3-8(11)12(16)17/h1-6H,(H,16,17). The van der Waals surface area contributed by atoms with Crippen LogP contribution in [0.15, 0.2) is 41.1 Å². The van der Waals surface area contributed by atoms with Gasteiger partial charge in [0.2, 0.25) is 0 Å². The SMILES string of the molecule is O=C(O)c1ccncc1Oc1cc(F)ccc1Br. The molecule has 0 amide bonds. The lowest BCUT2D eigenvalue weighted by Gasteiger charge is -2.09. The second kappa shape index (κ2) is 5.14. The fourth-order valence-corrected chi connectivity index (χ4v) is 1.64. The average molecular weight is 312 g/mol. The number of aromatic nitrogens is 1. The molecule has 0 bridgehead atoms. The Labute approximate surface area is 110 Å². The minimum atomic E-state index is -1.14. The van der Waals surface area contributed by atoms with Gasteiger partial charge in [-0.1, -0.05) is 0 Å². The van der Waals surface area contributed by atoms with E-state index in [1.165, 1.54) is 30.6 Å². The number of aromatic carboxylic acids is 1. The summed E-state index contributed by atoms with van der Waals surface area (Å²) in [5.74, 6) is -1.38. The van der Waals surface area contributed by atoms with Crippen molar-refractivity contribution >= 4 is 21.9 Å². The fourth-order valence-electron chi connectivity index (χ4n) is 1.31. The van der Waals surface area contributed by atoms with Crippen LogP contribution < -0.4 is 4.74 Å². The quantitative estimate of drug-likeness (QED) is 0.943. The van der Waals surface area contributed by atoms with E-state index in [4.69, 9.17) is 9.84 Å². The third-order valence-electron chi connectivity index (χ3n) is 2.13. The minimum absolute atomic E-state index is 0.0406. The molecule has 0 aliphatic rings. The van der Waals surface area contributed by atoms with Crippen molar-refractivity contribution in [2.75, 3.05) is 0 Å². The van der Waals surface area contributed by atoms with Gasteiger partial charge in [0.15, 0.2) is 5.75 Å². The molecule has 0 spiro atoms. The predicted molar refractivity (Wildman–Crippen MR) is 65.4 cm³/mol. The monoisotopic (exact) mass is 311 g/mol. The number of rotatable bonds is 3. The van der Waals surface area contributed by atoms with E-state index in [2.05, 4.69) is 20.9 Å². The van der Waals surface area contributed by atoms with E-state index in [9.17, 15) is 9.18 Å². The highest BCUT2D eigenvalue weighted by atomic mass is 79.9. The summed E-state index contributed by atoms with van der Waals surface area (Å²) < 4.78 is 18.9. The molecule has 0 aliphatic heterocycles. The van der Waals surface area contributed by atoms with Crippen LogP contribution >= 0.6 is 15.9 Å². The van der Waals surface area contributed by atoms with Crippen molar-refractivity contribution < 1.29 is 19.0 Å². The van der Waals surface area contributed by atoms with Gasteiger partial charge < -0.3 is 9.84 Å². The molecular formula is C12H7BrFNO3. The van der Waals surface area contributed by atoms with Crippen LogP contribution in [0.2, 0.25) is 0 Å². The molecule has 0 unspecified atom stereocenters. The number of hydrogen-bond acceptors (Lipinski definition) is 3. The molecule has 2 aromatic rings. The summed E-state index contributed by atoms with van der Waals surface area (Å²) in [4.78, 5) is 14.7. The van der Waals surface area contributed by atoms with Crippen LogP contribution in [0, 0.1) is 5.82 Å². The minimum Gasteiger partial charge on any atom is -0.478 e. The van der Waals surface area contributed by atoms with Gasteiger partial charge in [-0.05, 0) is 34.1 Å². The zero-order valence-corrected chi connectivity index (χ0v) is 10.5. The molecule has 2 rings (SSSR count). The lowest BCUT2D eigenvalue weighted by Crippen LogP contribution is -2.00. The first-order valence-electron chi connectivity index (χ1n) is 4.88. The Balaban J connectivity index is 2.40. The predicted octanol–water partition coefficient (Wildman–Crippen LogP) is 3.47. The number of carboxylic acid groups (broad SMARTS) is 1. The highest BCUT2D eigenvalue weighted by molar-refractivity contribution is 9.10. The second-order valence-electron chi connectivity index (χ2n) is 3.35. The van der Waals surface area contributed by atoms with Crippen molar-refractivity contribution in [1.29, 1.82) is 0 Å². The molecule has 4 nitrogen and oxygen atoms in total. The van der Waals surface area contributed by atoms with Crippen LogP contribution in [0.5, 0.6) is 11.5 Å². The Morgan fingerprint density at radius 3 is 2.83 bits per heavy atom. The summed E-state index contributed by atoms with van der Waals surface area (Å²) >= 11 is 3.19. The van der Waals surface area contributed by atoms with Crippen molar-refractivity contribution in [1.82, 2.24) is 4.98 Å². The normalized spacial score (nSPS) is 10.1. The zero-order chi connectivity index (χ0) is 13.1. The van der Waals surface area contributed by atoms with Crippen molar-refractivity contribution in [2.24, 2.45) is 0 Å². The van der Waals surface area contributed by atoms with Crippen molar-refractivity contribution in [3.63, 3.8) is 0 Å². The largest absolute Gasteiger partial charge is 0.478 e. The number of carbonyl (C=O) groups is 1. The molecule has 1 aromatic heterocycles. The van der Waals surface area contributed by atoms with E-state index >= 15 is 0 Å². The summed E-state index contributed by atoms with van der Waals surface area (Å²) in [6.45, 7) is 0. The van der Waals surface area contributed by atoms with E-state index in [1.54, 1.807) is 0 Å². The summed E-state index contributed by atoms with van der Waals surface area (Å²) in [6, 6.07) is 5.20. The van der Waals surface area contributed by atoms with Gasteiger partial charge in [-0.2, -0.15) is 0 Å². The van der Waals surface area contributed by atoms with Crippen molar-refractivity contribution in [2.45, 2.75) is 0 Å². The van der Waals surface area contributed by atoms with E-state index in [0.29, 0.717) is 4.47 Å². The summed E-state index contributed by atoms with van der Waals surface area (Å²) in [5, 5.41) is 8.97. The smallest absolute Gasteiger partial charge is 0.339 e. The molecule has 0 aliphatic carbocycles. The molecule has 0 fully saturated rings. The van der Waals surface area contributed by atoms with Gasteiger partial charge in [0.25, 0.3) is 0 Å². The van der Waals surface area contributed by atoms with Crippen LogP contribution in [-0.4, -0.2) is 16.1 Å². The van der Waals surface area contributed by atoms with E-state index < -0.39 is 11.8 Å². The number of hydrogen-bond donors (Lipinski definition) is 1. The van der Waals surface area contributed by atoms with Gasteiger partial charge in [-0.25, -0.2) is 9.18 Å². The molecule has 0 saturated heterocycles. The topological polar surface area (TPSA) is 59.4 Å². The Morgan fingerprint density at radius 1 is 1.33 bits per heavy atom. The van der Waals surface area contributed by atoms with Crippen LogP contribution in [0.1, 0.15) is 10.4 Å². The second-order valence-corrected chi connectivity index (χ2v) is 4.21. The van der Waals surface area contributed by atoms with Gasteiger partial charge in [0, 0.05) is 12.3 Å². The molecular weight excluding hydrogens is 305 g/mol. The Hall–Kier alpha value is -1.95. The van der Waals surface area contributed by atoms with Crippen LogP contribution in [0.4, 0.5) is 4.39 Å². The van der Waals surface area contributed by atoms with E-state index in [0.717, 1.165) is 6.07 Å². The Bertz CT molecular complexity index is 604. The zero-order valence-electron chi connectivity index (χ0n) is 8.93. The lowest BCUT2D eigenvalue weighted by molar-refractivity contribution is 0.0694. The summed E-state index contributed by atoms with van der Waals surface area (Å²) in [6.07, 6.45) is 2.61. The van der Waals surface area contributed by atoms with Crippen molar-refractivity contribution in [3.05, 3.63) is 52.5 Å². The molecule has 1 heterocycles. The maximum atomic E-state index is 13.1. The number of nitrogens with zero attached hydrogens (tertiary/aromatic N) is 1. The first-order valence-corrected chi connectivity index (χ1v) is 5.67. The number of benzene rings is 1. The molecule has 6 heteroatoms. The fraction of sp³-hybridized carbons (Fsp3) is 0. The first-order chi connectivity index (χ1) is 8.58. The third-order valence-corrected chi connectivity index (χ3v) is 2.78. The van der Waals surface area contributed by atoms with Crippen LogP contribution in [0.3, 0.4) is 0 Å². The molecule has 0 saturated carbocycles. The van der Waals surface area contributed by atoms with E-state index in [-0.39, 0.29) is 17.1 Å². The Morgan fingerprint density at radius 2 is 2.11 bits per heavy atom. The summed E-state index contributed by atoms with van der Waals surface area (Å²) in [5.41, 5.74) is -0.0406. The molecule has 18 heavy (non-hydrogen) atoms. The molecule has 1 N–H and O–H groups in total. The first kappa shape index (κ1) is 12.5. The van der Waals surface area contributed by atoms with E-state index in [1.807, 2.05) is 0 Å². The third kappa shape index (κ3) is 2.65. The Kier molecular flexibility index (Phi) is 3.57. The number of pyridine rings is 1. The van der Waals surface area contributed by atoms with Crippen LogP contribution in [-0.2, 0) is 0 Å². The highest BCUT2D eigenvalue weighted by Gasteiger charge is 2.13. The van der Waals surface area contributed by atoms with Gasteiger partial charge in [-0.3, -0.25) is 4.98 Å². The number of carboxylic acids is 1. The highest BCUT2D eigenvalue weighted by Crippen LogP contribution is 2.31. The lowest BCUT2D eigenvalue weighted by atomic mass is 10.2. The van der Waals surface area contributed by atoms with Crippen LogP contribution in [0.25, 0.3) is 0 Å². The van der Waals surface area contributed by atoms with Crippen molar-refractivity contribution in [3.8, 4) is 11.5 Å². The maximum absolute atomic E-state index is 13.1. The molecule has 0 radical (unpaired) electrons. The van der Waals surface area contributed by atoms with Gasteiger partial charge in [-0.15, -0.1) is 0 Å². The molecule has 0 atom stereocenters. The molecule has 1 aromatic carbocycles. The number of ether oxygens (including phenoxy) is 1. The summed E-state index contributed by atoms with van der Waals surface area (Å²) in [7, 11) is 0. The molecule has 92 valence electrons. The average Bonchev–Trinajstić information content (AvgIpc) is 2.34. The van der Waals surface area contributed by atoms with Gasteiger partial charge >= 0.3 is 5.97 Å². The van der Waals surface area contributed by atoms with Gasteiger partial charge in [0.05, 0.1) is 10.7 Å². The number of halogens is 2.